The molecular weight excluding hydrogens is 488 g/mol. The second kappa shape index (κ2) is 10.0. The van der Waals surface area contributed by atoms with Crippen LogP contribution < -0.4 is 20.7 Å². The summed E-state index contributed by atoms with van der Waals surface area (Å²) in [6, 6.07) is 7.07. The van der Waals surface area contributed by atoms with E-state index in [1.165, 1.54) is 0 Å². The lowest BCUT2D eigenvalue weighted by Crippen LogP contribution is -2.57. The standard InChI is InChI=1S/C28H36N4O6/c1-15(38-18-7-5-4-6-8-18)27(37)32-14-19-21(28(19,2)3)22(32)25(35)31-20(13-16-11-12-29-24(16)34)23(33)26(36)30-17-9-10-17/h4-8,15-17,19-22H,9-14H2,1-3H3,(H,29,34)(H,30,36)(H,31,35)/t15-,16-,19-,20-,21-,22-/m0/s1. The number of likely N-dealkylation sites (tertiary alicyclic amines) is 1. The van der Waals surface area contributed by atoms with E-state index >= 15 is 0 Å². The highest BCUT2D eigenvalue weighted by atomic mass is 16.5. The molecule has 2 saturated heterocycles. The number of ketones is 1. The van der Waals surface area contributed by atoms with Crippen LogP contribution in [0.4, 0.5) is 0 Å². The van der Waals surface area contributed by atoms with Gasteiger partial charge in [-0.1, -0.05) is 32.0 Å². The monoisotopic (exact) mass is 524 g/mol. The number of benzene rings is 1. The quantitative estimate of drug-likeness (QED) is 0.388. The molecule has 10 heteroatoms. The van der Waals surface area contributed by atoms with Gasteiger partial charge in [0.05, 0.1) is 6.04 Å². The van der Waals surface area contributed by atoms with Gasteiger partial charge < -0.3 is 25.6 Å². The lowest BCUT2D eigenvalue weighted by Gasteiger charge is -2.33. The van der Waals surface area contributed by atoms with Gasteiger partial charge in [0.1, 0.15) is 11.8 Å². The molecule has 3 N–H and O–H groups in total. The maximum absolute atomic E-state index is 13.8. The number of nitrogens with one attached hydrogen (secondary N) is 3. The van der Waals surface area contributed by atoms with E-state index < -0.39 is 41.7 Å². The molecule has 4 aliphatic rings. The summed E-state index contributed by atoms with van der Waals surface area (Å²) >= 11 is 0. The smallest absolute Gasteiger partial charge is 0.289 e. The maximum Gasteiger partial charge on any atom is 0.289 e. The Balaban J connectivity index is 1.32. The van der Waals surface area contributed by atoms with Crippen LogP contribution in [-0.2, 0) is 24.0 Å². The molecule has 0 bridgehead atoms. The third-order valence-electron chi connectivity index (χ3n) is 8.62. The number of rotatable bonds is 10. The van der Waals surface area contributed by atoms with Crippen molar-refractivity contribution < 1.29 is 28.7 Å². The van der Waals surface area contributed by atoms with Crippen LogP contribution in [0.2, 0.25) is 0 Å². The number of hydrogen-bond acceptors (Lipinski definition) is 6. The van der Waals surface area contributed by atoms with Crippen LogP contribution in [0.3, 0.4) is 0 Å². The van der Waals surface area contributed by atoms with Gasteiger partial charge >= 0.3 is 0 Å². The van der Waals surface area contributed by atoms with E-state index in [-0.39, 0.29) is 41.5 Å². The zero-order valence-electron chi connectivity index (χ0n) is 22.1. The molecule has 6 atom stereocenters. The van der Waals surface area contributed by atoms with Crippen LogP contribution in [0.5, 0.6) is 5.75 Å². The molecule has 0 unspecified atom stereocenters. The Kier molecular flexibility index (Phi) is 6.92. The van der Waals surface area contributed by atoms with Gasteiger partial charge in [0, 0.05) is 25.0 Å². The molecule has 0 spiro atoms. The van der Waals surface area contributed by atoms with Crippen LogP contribution in [0, 0.1) is 23.2 Å². The third kappa shape index (κ3) is 5.13. The average Bonchev–Trinajstić information content (AvgIpc) is 3.65. The lowest BCUT2D eigenvalue weighted by molar-refractivity contribution is -0.146. The molecule has 204 valence electrons. The summed E-state index contributed by atoms with van der Waals surface area (Å²) < 4.78 is 5.84. The average molecular weight is 525 g/mol. The highest BCUT2D eigenvalue weighted by molar-refractivity contribution is 6.38. The Morgan fingerprint density at radius 3 is 2.47 bits per heavy atom. The molecule has 4 fully saturated rings. The first-order valence-electron chi connectivity index (χ1n) is 13.5. The van der Waals surface area contributed by atoms with Crippen molar-refractivity contribution in [1.82, 2.24) is 20.9 Å². The molecule has 2 saturated carbocycles. The van der Waals surface area contributed by atoms with E-state index in [0.29, 0.717) is 25.3 Å². The molecule has 4 amide bonds. The van der Waals surface area contributed by atoms with Crippen LogP contribution in [0.15, 0.2) is 30.3 Å². The van der Waals surface area contributed by atoms with Gasteiger partial charge in [-0.3, -0.25) is 24.0 Å². The minimum atomic E-state index is -1.15. The topological polar surface area (TPSA) is 134 Å². The van der Waals surface area contributed by atoms with E-state index in [9.17, 15) is 24.0 Å². The SMILES string of the molecule is C[C@H](Oc1ccccc1)C(=O)N1C[C@H]2[C@@H]([C@H]1C(=O)N[C@@H](C[C@@H]1CCNC1=O)C(=O)C(=O)NC1CC1)C2(C)C. The van der Waals surface area contributed by atoms with Crippen LogP contribution >= 0.6 is 0 Å². The number of hydrogen-bond donors (Lipinski definition) is 3. The molecule has 38 heavy (non-hydrogen) atoms. The number of nitrogens with zero attached hydrogens (tertiary/aromatic N) is 1. The fourth-order valence-corrected chi connectivity index (χ4v) is 6.09. The van der Waals surface area contributed by atoms with E-state index in [1.807, 2.05) is 18.2 Å². The van der Waals surface area contributed by atoms with Gasteiger partial charge in [-0.25, -0.2) is 0 Å². The summed E-state index contributed by atoms with van der Waals surface area (Å²) in [5, 5.41) is 8.21. The van der Waals surface area contributed by atoms with Crippen molar-refractivity contribution in [1.29, 1.82) is 0 Å². The Hall–Kier alpha value is -3.43. The molecule has 0 aromatic heterocycles. The highest BCUT2D eigenvalue weighted by Crippen LogP contribution is 2.64. The number of carbonyl (C=O) groups excluding carboxylic acids is 5. The molecular formula is C28H36N4O6. The first kappa shape index (κ1) is 26.2. The van der Waals surface area contributed by atoms with Crippen molar-refractivity contribution in [3.8, 4) is 5.75 Å². The Morgan fingerprint density at radius 2 is 1.84 bits per heavy atom. The second-order valence-corrected chi connectivity index (χ2v) is 11.6. The summed E-state index contributed by atoms with van der Waals surface area (Å²) in [6.45, 7) is 6.72. The van der Waals surface area contributed by atoms with Crippen LogP contribution in [0.25, 0.3) is 0 Å². The Morgan fingerprint density at radius 1 is 1.13 bits per heavy atom. The molecule has 2 heterocycles. The predicted octanol–water partition coefficient (Wildman–Crippen LogP) is 0.796. The number of para-hydroxylation sites is 1. The zero-order chi connectivity index (χ0) is 27.2. The highest BCUT2D eigenvalue weighted by Gasteiger charge is 2.69. The van der Waals surface area contributed by atoms with Gasteiger partial charge in [-0.05, 0) is 62.0 Å². The first-order chi connectivity index (χ1) is 18.1. The van der Waals surface area contributed by atoms with E-state index in [0.717, 1.165) is 12.8 Å². The van der Waals surface area contributed by atoms with Gasteiger partial charge in [0.25, 0.3) is 11.8 Å². The number of piperidine rings is 1. The van der Waals surface area contributed by atoms with Crippen molar-refractivity contribution in [2.45, 2.75) is 70.7 Å². The van der Waals surface area contributed by atoms with Gasteiger partial charge in [0.2, 0.25) is 17.6 Å². The fourth-order valence-electron chi connectivity index (χ4n) is 6.09. The van der Waals surface area contributed by atoms with Crippen LogP contribution in [0.1, 0.15) is 46.5 Å². The molecule has 10 nitrogen and oxygen atoms in total. The lowest BCUT2D eigenvalue weighted by atomic mass is 9.94. The summed E-state index contributed by atoms with van der Waals surface area (Å²) in [5.74, 6) is -2.29. The number of Topliss-reactive ketones (excluding diaryl/α,β-unsaturated/α-hetero) is 1. The molecule has 5 rings (SSSR count). The van der Waals surface area contributed by atoms with Gasteiger partial charge in [-0.15, -0.1) is 0 Å². The van der Waals surface area contributed by atoms with E-state index in [4.69, 9.17) is 4.74 Å². The number of fused-ring (bicyclic) bond motifs is 1. The molecule has 2 aliphatic heterocycles. The molecule has 0 radical (unpaired) electrons. The minimum Gasteiger partial charge on any atom is -0.481 e. The second-order valence-electron chi connectivity index (χ2n) is 11.6. The Labute approximate surface area is 222 Å². The van der Waals surface area contributed by atoms with Crippen molar-refractivity contribution in [2.24, 2.45) is 23.2 Å². The number of ether oxygens (including phenoxy) is 1. The predicted molar refractivity (Wildman–Crippen MR) is 137 cm³/mol. The number of amides is 4. The van der Waals surface area contributed by atoms with Crippen molar-refractivity contribution in [2.75, 3.05) is 13.1 Å². The molecule has 1 aromatic carbocycles. The first-order valence-corrected chi connectivity index (χ1v) is 13.5. The third-order valence-corrected chi connectivity index (χ3v) is 8.62. The zero-order valence-corrected chi connectivity index (χ0v) is 22.1. The summed E-state index contributed by atoms with van der Waals surface area (Å²) in [4.78, 5) is 66.8. The van der Waals surface area contributed by atoms with Crippen LogP contribution in [-0.4, -0.2) is 71.6 Å². The normalized spacial score (nSPS) is 28.5. The molecule has 1 aromatic rings. The van der Waals surface area contributed by atoms with E-state index in [2.05, 4.69) is 29.8 Å². The van der Waals surface area contributed by atoms with Gasteiger partial charge in [0.15, 0.2) is 6.10 Å². The maximum atomic E-state index is 13.8. The number of carbonyl (C=O) groups is 5. The van der Waals surface area contributed by atoms with E-state index in [1.54, 1.807) is 24.0 Å². The fraction of sp³-hybridized carbons (Fsp3) is 0.607. The van der Waals surface area contributed by atoms with Crippen molar-refractivity contribution in [3.05, 3.63) is 30.3 Å². The summed E-state index contributed by atoms with van der Waals surface area (Å²) in [5.41, 5.74) is -0.128. The summed E-state index contributed by atoms with van der Waals surface area (Å²) in [7, 11) is 0. The summed E-state index contributed by atoms with van der Waals surface area (Å²) in [6.07, 6.45) is 1.41. The van der Waals surface area contributed by atoms with Crippen molar-refractivity contribution in [3.63, 3.8) is 0 Å². The van der Waals surface area contributed by atoms with Gasteiger partial charge in [-0.2, -0.15) is 0 Å². The molecule has 2 aliphatic carbocycles. The largest absolute Gasteiger partial charge is 0.481 e. The van der Waals surface area contributed by atoms with Crippen molar-refractivity contribution >= 4 is 29.4 Å². The Bertz CT molecular complexity index is 1130. The minimum absolute atomic E-state index is 0.0142.